The maximum absolute atomic E-state index is 12.2. The Hall–Kier alpha value is -2.02. The van der Waals surface area contributed by atoms with Crippen molar-refractivity contribution in [3.05, 3.63) is 35.9 Å². The van der Waals surface area contributed by atoms with E-state index in [0.717, 1.165) is 29.8 Å². The van der Waals surface area contributed by atoms with Crippen molar-refractivity contribution in [1.82, 2.24) is 5.32 Å². The topological polar surface area (TPSA) is 75.7 Å². The smallest absolute Gasteiger partial charge is 0.241 e. The van der Waals surface area contributed by atoms with Gasteiger partial charge >= 0.3 is 0 Å². The highest BCUT2D eigenvalue weighted by atomic mass is 32.2. The fraction of sp³-hybridized carbons (Fsp3) is 0.471. The van der Waals surface area contributed by atoms with E-state index >= 15 is 0 Å². The van der Waals surface area contributed by atoms with Crippen molar-refractivity contribution in [3.8, 4) is 5.75 Å². The van der Waals surface area contributed by atoms with Gasteiger partial charge in [0.1, 0.15) is 12.3 Å². The summed E-state index contributed by atoms with van der Waals surface area (Å²) in [4.78, 5) is 12.2. The number of carbonyl (C=O) groups excluding carboxylic acids is 1. The molecule has 1 aromatic carbocycles. The third-order valence-corrected chi connectivity index (χ3v) is 5.07. The summed E-state index contributed by atoms with van der Waals surface area (Å²) in [6.45, 7) is 0.203. The zero-order valence-corrected chi connectivity index (χ0v) is 14.9. The first-order chi connectivity index (χ1) is 11.4. The zero-order chi connectivity index (χ0) is 17.6. The second-order valence-electron chi connectivity index (χ2n) is 5.83. The Morgan fingerprint density at radius 3 is 2.67 bits per heavy atom. The fourth-order valence-corrected chi connectivity index (χ4v) is 3.54. The van der Waals surface area contributed by atoms with Crippen LogP contribution in [0.25, 0.3) is 0 Å². The fourth-order valence-electron chi connectivity index (χ4n) is 2.68. The SMILES string of the molecule is COc1ccccc1N(CC(=O)NCC1=CCCCC1)S(C)(=O)=O. The van der Waals surface area contributed by atoms with Gasteiger partial charge in [-0.2, -0.15) is 0 Å². The van der Waals surface area contributed by atoms with Crippen molar-refractivity contribution in [2.75, 3.05) is 30.8 Å². The highest BCUT2D eigenvalue weighted by molar-refractivity contribution is 7.92. The van der Waals surface area contributed by atoms with E-state index in [1.807, 2.05) is 0 Å². The summed E-state index contributed by atoms with van der Waals surface area (Å²) in [5.74, 6) is 0.0727. The molecule has 0 aromatic heterocycles. The van der Waals surface area contributed by atoms with Crippen molar-refractivity contribution >= 4 is 21.6 Å². The minimum absolute atomic E-state index is 0.271. The summed E-state index contributed by atoms with van der Waals surface area (Å²) in [5.41, 5.74) is 1.56. The Morgan fingerprint density at radius 2 is 2.04 bits per heavy atom. The van der Waals surface area contributed by atoms with Crippen LogP contribution in [0.2, 0.25) is 0 Å². The van der Waals surface area contributed by atoms with E-state index in [0.29, 0.717) is 18.0 Å². The molecule has 0 spiro atoms. The number of hydrogen-bond donors (Lipinski definition) is 1. The Morgan fingerprint density at radius 1 is 1.29 bits per heavy atom. The molecule has 1 N–H and O–H groups in total. The lowest BCUT2D eigenvalue weighted by Crippen LogP contribution is -2.41. The van der Waals surface area contributed by atoms with E-state index < -0.39 is 10.0 Å². The number of anilines is 1. The molecule has 0 radical (unpaired) electrons. The summed E-state index contributed by atoms with van der Waals surface area (Å²) in [5, 5.41) is 2.81. The number of rotatable bonds is 7. The van der Waals surface area contributed by atoms with Gasteiger partial charge in [-0.25, -0.2) is 8.42 Å². The number of ether oxygens (including phenoxy) is 1. The highest BCUT2D eigenvalue weighted by Gasteiger charge is 2.23. The lowest BCUT2D eigenvalue weighted by Gasteiger charge is -2.24. The average molecular weight is 352 g/mol. The van der Waals surface area contributed by atoms with Gasteiger partial charge in [0.15, 0.2) is 0 Å². The largest absolute Gasteiger partial charge is 0.495 e. The third kappa shape index (κ3) is 4.99. The van der Waals surface area contributed by atoms with E-state index in [1.54, 1.807) is 24.3 Å². The molecule has 0 saturated carbocycles. The van der Waals surface area contributed by atoms with Gasteiger partial charge < -0.3 is 10.1 Å². The van der Waals surface area contributed by atoms with Crippen LogP contribution in [0.4, 0.5) is 5.69 Å². The normalized spacial score (nSPS) is 14.7. The van der Waals surface area contributed by atoms with Crippen LogP contribution in [0.1, 0.15) is 25.7 Å². The van der Waals surface area contributed by atoms with Crippen LogP contribution in [-0.2, 0) is 14.8 Å². The minimum Gasteiger partial charge on any atom is -0.495 e. The number of benzene rings is 1. The molecule has 132 valence electrons. The number of para-hydroxylation sites is 2. The summed E-state index contributed by atoms with van der Waals surface area (Å²) >= 11 is 0. The van der Waals surface area contributed by atoms with Gasteiger partial charge in [-0.05, 0) is 37.8 Å². The maximum Gasteiger partial charge on any atom is 0.241 e. The van der Waals surface area contributed by atoms with Crippen molar-refractivity contribution in [3.63, 3.8) is 0 Å². The van der Waals surface area contributed by atoms with Crippen molar-refractivity contribution in [1.29, 1.82) is 0 Å². The van der Waals surface area contributed by atoms with Crippen LogP contribution >= 0.6 is 0 Å². The number of amides is 1. The molecule has 0 heterocycles. The van der Waals surface area contributed by atoms with Gasteiger partial charge in [0.2, 0.25) is 15.9 Å². The van der Waals surface area contributed by atoms with Crippen LogP contribution in [0.5, 0.6) is 5.75 Å². The van der Waals surface area contributed by atoms with Crippen LogP contribution in [0.3, 0.4) is 0 Å². The van der Waals surface area contributed by atoms with Gasteiger partial charge in [0, 0.05) is 6.54 Å². The van der Waals surface area contributed by atoms with Crippen molar-refractivity contribution in [2.45, 2.75) is 25.7 Å². The van der Waals surface area contributed by atoms with E-state index in [-0.39, 0.29) is 12.5 Å². The standard InChI is InChI=1S/C17H24N2O4S/c1-23-16-11-7-6-10-15(16)19(24(2,21)22)13-17(20)18-12-14-8-4-3-5-9-14/h6-8,10-11H,3-5,9,12-13H2,1-2H3,(H,18,20). The lowest BCUT2D eigenvalue weighted by atomic mass is 10.00. The zero-order valence-electron chi connectivity index (χ0n) is 14.1. The number of carbonyl (C=O) groups is 1. The first-order valence-corrected chi connectivity index (χ1v) is 9.82. The first-order valence-electron chi connectivity index (χ1n) is 7.97. The number of sulfonamides is 1. The van der Waals surface area contributed by atoms with Crippen LogP contribution in [0.15, 0.2) is 35.9 Å². The molecule has 6 nitrogen and oxygen atoms in total. The summed E-state index contributed by atoms with van der Waals surface area (Å²) in [6, 6.07) is 6.74. The van der Waals surface area contributed by atoms with Crippen molar-refractivity contribution < 1.29 is 17.9 Å². The molecule has 0 saturated heterocycles. The Kier molecular flexibility index (Phi) is 6.25. The Labute approximate surface area is 143 Å². The number of hydrogen-bond acceptors (Lipinski definition) is 4. The first kappa shape index (κ1) is 18.3. The second-order valence-corrected chi connectivity index (χ2v) is 7.73. The lowest BCUT2D eigenvalue weighted by molar-refractivity contribution is -0.119. The number of nitrogens with one attached hydrogen (secondary N) is 1. The molecule has 1 aliphatic rings. The summed E-state index contributed by atoms with van der Waals surface area (Å²) < 4.78 is 30.5. The molecule has 0 aliphatic heterocycles. The summed E-state index contributed by atoms with van der Waals surface area (Å²) in [7, 11) is -2.14. The monoisotopic (exact) mass is 352 g/mol. The van der Waals surface area contributed by atoms with Crippen LogP contribution in [0, 0.1) is 0 Å². The van der Waals surface area contributed by atoms with Crippen LogP contribution in [-0.4, -0.2) is 40.8 Å². The molecule has 0 bridgehead atoms. The van der Waals surface area contributed by atoms with Crippen LogP contribution < -0.4 is 14.4 Å². The molecule has 1 amide bonds. The molecular formula is C17H24N2O4S. The quantitative estimate of drug-likeness (QED) is 0.762. The maximum atomic E-state index is 12.2. The molecule has 0 atom stereocenters. The van der Waals surface area contributed by atoms with Crippen molar-refractivity contribution in [2.24, 2.45) is 0 Å². The Balaban J connectivity index is 2.09. The van der Waals surface area contributed by atoms with E-state index in [9.17, 15) is 13.2 Å². The average Bonchev–Trinajstić information content (AvgIpc) is 2.58. The van der Waals surface area contributed by atoms with E-state index in [1.165, 1.54) is 19.1 Å². The molecular weight excluding hydrogens is 328 g/mol. The van der Waals surface area contributed by atoms with Gasteiger partial charge in [-0.1, -0.05) is 23.8 Å². The summed E-state index contributed by atoms with van der Waals surface area (Å²) in [6.07, 6.45) is 7.59. The number of methoxy groups -OCH3 is 1. The predicted octanol–water partition coefficient (Wildman–Crippen LogP) is 2.08. The molecule has 7 heteroatoms. The Bertz CT molecular complexity index is 713. The number of allylic oxidation sites excluding steroid dienone is 1. The minimum atomic E-state index is -3.61. The van der Waals surface area contributed by atoms with E-state index in [2.05, 4.69) is 11.4 Å². The molecule has 2 rings (SSSR count). The van der Waals surface area contributed by atoms with Gasteiger partial charge in [0.25, 0.3) is 0 Å². The molecule has 1 aliphatic carbocycles. The van der Waals surface area contributed by atoms with Gasteiger partial charge in [-0.15, -0.1) is 0 Å². The molecule has 24 heavy (non-hydrogen) atoms. The molecule has 1 aromatic rings. The van der Waals surface area contributed by atoms with Gasteiger partial charge in [0.05, 0.1) is 19.1 Å². The van der Waals surface area contributed by atoms with Gasteiger partial charge in [-0.3, -0.25) is 9.10 Å². The molecule has 0 unspecified atom stereocenters. The second kappa shape index (κ2) is 8.19. The highest BCUT2D eigenvalue weighted by Crippen LogP contribution is 2.29. The van der Waals surface area contributed by atoms with E-state index in [4.69, 9.17) is 4.74 Å². The number of nitrogens with zero attached hydrogens (tertiary/aromatic N) is 1. The third-order valence-electron chi connectivity index (χ3n) is 3.94. The predicted molar refractivity (Wildman–Crippen MR) is 94.7 cm³/mol. The molecule has 0 fully saturated rings.